The molecule has 3 aromatic rings. The molecule has 30 heavy (non-hydrogen) atoms. The maximum atomic E-state index is 12.8. The van der Waals surface area contributed by atoms with E-state index in [0.717, 1.165) is 23.5 Å². The monoisotopic (exact) mass is 454 g/mol. The van der Waals surface area contributed by atoms with Crippen molar-refractivity contribution in [2.45, 2.75) is 23.2 Å². The number of alkyl halides is 3. The number of carbonyl (C=O) groups is 1. The Balaban J connectivity index is 1.65. The zero-order valence-corrected chi connectivity index (χ0v) is 16.9. The third-order valence-corrected chi connectivity index (χ3v) is 6.03. The van der Waals surface area contributed by atoms with E-state index in [0.29, 0.717) is 9.90 Å². The van der Waals surface area contributed by atoms with Crippen molar-refractivity contribution >= 4 is 39.8 Å². The van der Waals surface area contributed by atoms with Gasteiger partial charge in [0.15, 0.2) is 4.34 Å². The molecule has 0 atom stereocenters. The van der Waals surface area contributed by atoms with Crippen LogP contribution in [0.4, 0.5) is 24.0 Å². The Kier molecular flexibility index (Phi) is 6.37. The normalized spacial score (nSPS) is 11.3. The lowest BCUT2D eigenvalue weighted by Gasteiger charge is -2.07. The second kappa shape index (κ2) is 8.79. The van der Waals surface area contributed by atoms with Crippen LogP contribution in [0.25, 0.3) is 0 Å². The lowest BCUT2D eigenvalue weighted by atomic mass is 10.1. The molecular formula is C18H13F3N4O3S2. The van der Waals surface area contributed by atoms with Crippen LogP contribution in [0.3, 0.4) is 0 Å². The summed E-state index contributed by atoms with van der Waals surface area (Å²) in [5, 5.41) is 21.5. The summed E-state index contributed by atoms with van der Waals surface area (Å²) in [6.07, 6.45) is -4.41. The molecule has 0 saturated heterocycles. The fraction of sp³-hybridized carbons (Fsp3) is 0.167. The number of nitrogens with zero attached hydrogens (tertiary/aromatic N) is 3. The summed E-state index contributed by atoms with van der Waals surface area (Å²) in [6, 6.07) is 9.17. The van der Waals surface area contributed by atoms with E-state index in [4.69, 9.17) is 0 Å². The molecule has 3 rings (SSSR count). The van der Waals surface area contributed by atoms with Crippen LogP contribution in [0, 0.1) is 17.0 Å². The predicted octanol–water partition coefficient (Wildman–Crippen LogP) is 5.32. The first-order valence-corrected chi connectivity index (χ1v) is 10.1. The summed E-state index contributed by atoms with van der Waals surface area (Å²) in [5.41, 5.74) is -0.0561. The third kappa shape index (κ3) is 5.13. The average Bonchev–Trinajstić information content (AvgIpc) is 3.13. The lowest BCUT2D eigenvalue weighted by molar-refractivity contribution is -0.385. The Morgan fingerprint density at radius 2 is 1.97 bits per heavy atom. The number of hydrogen-bond acceptors (Lipinski definition) is 7. The van der Waals surface area contributed by atoms with Gasteiger partial charge >= 0.3 is 6.18 Å². The first kappa shape index (κ1) is 21.7. The van der Waals surface area contributed by atoms with Gasteiger partial charge in [-0.2, -0.15) is 13.2 Å². The number of halogens is 3. The minimum atomic E-state index is -4.41. The molecule has 1 heterocycles. The van der Waals surface area contributed by atoms with Crippen LogP contribution in [-0.2, 0) is 11.9 Å². The number of benzene rings is 2. The first-order chi connectivity index (χ1) is 14.1. The molecule has 7 nitrogen and oxygen atoms in total. The van der Waals surface area contributed by atoms with E-state index in [1.807, 2.05) is 0 Å². The van der Waals surface area contributed by atoms with E-state index in [1.54, 1.807) is 6.07 Å². The molecule has 1 amide bonds. The van der Waals surface area contributed by atoms with E-state index in [9.17, 15) is 28.1 Å². The van der Waals surface area contributed by atoms with Gasteiger partial charge in [0, 0.05) is 22.9 Å². The van der Waals surface area contributed by atoms with E-state index in [1.165, 1.54) is 43.0 Å². The summed E-state index contributed by atoms with van der Waals surface area (Å²) >= 11 is 2.24. The zero-order chi connectivity index (χ0) is 21.9. The number of carbonyl (C=O) groups excluding carboxylic acids is 1. The molecule has 0 unspecified atom stereocenters. The molecular weight excluding hydrogens is 441 g/mol. The fourth-order valence-corrected chi connectivity index (χ4v) is 4.22. The minimum absolute atomic E-state index is 0.137. The molecule has 0 bridgehead atoms. The molecule has 0 radical (unpaired) electrons. The van der Waals surface area contributed by atoms with Gasteiger partial charge in [0.2, 0.25) is 5.13 Å². The van der Waals surface area contributed by atoms with Crippen molar-refractivity contribution in [3.8, 4) is 0 Å². The minimum Gasteiger partial charge on any atom is -0.296 e. The van der Waals surface area contributed by atoms with Crippen LogP contribution in [0.1, 0.15) is 27.0 Å². The lowest BCUT2D eigenvalue weighted by Crippen LogP contribution is -2.14. The Morgan fingerprint density at radius 1 is 1.23 bits per heavy atom. The van der Waals surface area contributed by atoms with Crippen molar-refractivity contribution in [2.24, 2.45) is 0 Å². The molecule has 0 saturated carbocycles. The Labute approximate surface area is 176 Å². The van der Waals surface area contributed by atoms with Crippen molar-refractivity contribution < 1.29 is 22.9 Å². The van der Waals surface area contributed by atoms with Crippen LogP contribution < -0.4 is 5.32 Å². The van der Waals surface area contributed by atoms with E-state index >= 15 is 0 Å². The summed E-state index contributed by atoms with van der Waals surface area (Å²) in [4.78, 5) is 22.9. The number of hydrogen-bond donors (Lipinski definition) is 1. The quantitative estimate of drug-likeness (QED) is 0.234. The maximum Gasteiger partial charge on any atom is 0.416 e. The van der Waals surface area contributed by atoms with E-state index < -0.39 is 22.6 Å². The van der Waals surface area contributed by atoms with Crippen LogP contribution >= 0.6 is 23.1 Å². The highest BCUT2D eigenvalue weighted by Gasteiger charge is 2.30. The number of rotatable bonds is 6. The van der Waals surface area contributed by atoms with Gasteiger partial charge < -0.3 is 0 Å². The molecule has 0 aliphatic heterocycles. The van der Waals surface area contributed by atoms with Gasteiger partial charge in [0.05, 0.1) is 10.5 Å². The summed E-state index contributed by atoms with van der Waals surface area (Å²) in [5.74, 6) is -0.321. The van der Waals surface area contributed by atoms with Crippen LogP contribution in [-0.4, -0.2) is 21.0 Å². The number of thioether (sulfide) groups is 1. The van der Waals surface area contributed by atoms with Gasteiger partial charge in [0.1, 0.15) is 0 Å². The Bertz CT molecular complexity index is 1100. The molecule has 0 fully saturated rings. The van der Waals surface area contributed by atoms with Crippen molar-refractivity contribution in [3.05, 3.63) is 74.8 Å². The molecule has 0 aliphatic rings. The maximum absolute atomic E-state index is 12.8. The Hall–Kier alpha value is -2.99. The van der Waals surface area contributed by atoms with Crippen molar-refractivity contribution in [2.75, 3.05) is 5.32 Å². The molecule has 1 N–H and O–H groups in total. The van der Waals surface area contributed by atoms with Gasteiger partial charge in [-0.25, -0.2) is 0 Å². The summed E-state index contributed by atoms with van der Waals surface area (Å²) in [7, 11) is 0. The second-order valence-electron chi connectivity index (χ2n) is 6.02. The average molecular weight is 454 g/mol. The molecule has 156 valence electrons. The largest absolute Gasteiger partial charge is 0.416 e. The number of aromatic nitrogens is 2. The Morgan fingerprint density at radius 3 is 2.67 bits per heavy atom. The fourth-order valence-electron chi connectivity index (χ4n) is 2.53. The van der Waals surface area contributed by atoms with Crippen molar-refractivity contribution in [1.82, 2.24) is 10.2 Å². The standard InChI is InChI=1S/C18H13F3N4O3S2/c1-10-13(6-3-7-14(10)25(27)28)15(26)22-16-23-24-17(30-16)29-9-11-4-2-5-12(8-11)18(19,20)21/h2-8H,9H2,1H3,(H,22,23,26). The summed E-state index contributed by atoms with van der Waals surface area (Å²) in [6.45, 7) is 1.48. The number of nitro groups is 1. The number of amides is 1. The van der Waals surface area contributed by atoms with Gasteiger partial charge in [0.25, 0.3) is 11.6 Å². The molecule has 0 spiro atoms. The van der Waals surface area contributed by atoms with Crippen molar-refractivity contribution in [3.63, 3.8) is 0 Å². The smallest absolute Gasteiger partial charge is 0.296 e. The van der Waals surface area contributed by atoms with E-state index in [2.05, 4.69) is 15.5 Å². The highest BCUT2D eigenvalue weighted by atomic mass is 32.2. The third-order valence-electron chi connectivity index (χ3n) is 3.99. The molecule has 12 heteroatoms. The SMILES string of the molecule is Cc1c(C(=O)Nc2nnc(SCc3cccc(C(F)(F)F)c3)s2)cccc1[N+](=O)[O-]. The van der Waals surface area contributed by atoms with Crippen LogP contribution in [0.5, 0.6) is 0 Å². The number of anilines is 1. The first-order valence-electron chi connectivity index (χ1n) is 8.33. The van der Waals surface area contributed by atoms with Gasteiger partial charge in [-0.05, 0) is 24.6 Å². The van der Waals surface area contributed by atoms with Gasteiger partial charge in [-0.3, -0.25) is 20.2 Å². The molecule has 1 aromatic heterocycles. The number of nitrogens with one attached hydrogen (secondary N) is 1. The van der Waals surface area contributed by atoms with Gasteiger partial charge in [-0.1, -0.05) is 47.4 Å². The highest BCUT2D eigenvalue weighted by molar-refractivity contribution is 8.00. The molecule has 0 aliphatic carbocycles. The predicted molar refractivity (Wildman–Crippen MR) is 107 cm³/mol. The van der Waals surface area contributed by atoms with Crippen LogP contribution in [0.15, 0.2) is 46.8 Å². The number of nitro benzene ring substituents is 1. The topological polar surface area (TPSA) is 98.0 Å². The van der Waals surface area contributed by atoms with Gasteiger partial charge in [-0.15, -0.1) is 10.2 Å². The zero-order valence-electron chi connectivity index (χ0n) is 15.3. The molecule has 2 aromatic carbocycles. The highest BCUT2D eigenvalue weighted by Crippen LogP contribution is 2.32. The van der Waals surface area contributed by atoms with Crippen molar-refractivity contribution in [1.29, 1.82) is 0 Å². The van der Waals surface area contributed by atoms with Crippen LogP contribution in [0.2, 0.25) is 0 Å². The van der Waals surface area contributed by atoms with E-state index in [-0.39, 0.29) is 27.7 Å². The summed E-state index contributed by atoms with van der Waals surface area (Å²) < 4.78 is 38.8. The second-order valence-corrected chi connectivity index (χ2v) is 8.22.